The van der Waals surface area contributed by atoms with Gasteiger partial charge in [-0.25, -0.2) is 0 Å². The molecule has 4 N–H and O–H groups in total. The molecular formula is C69H82N4. The van der Waals surface area contributed by atoms with Crippen molar-refractivity contribution < 1.29 is 0 Å². The summed E-state index contributed by atoms with van der Waals surface area (Å²) in [5.74, 6) is 0. The summed E-state index contributed by atoms with van der Waals surface area (Å²) in [6.45, 7) is 48.0. The molecule has 18 rings (SSSR count). The fourth-order valence-corrected chi connectivity index (χ4v) is 19.2. The largest absolute Gasteiger partial charge is 0.354 e. The van der Waals surface area contributed by atoms with Crippen LogP contribution < -0.4 is 21.4 Å². The van der Waals surface area contributed by atoms with Gasteiger partial charge < -0.3 is 19.9 Å². The van der Waals surface area contributed by atoms with E-state index in [9.17, 15) is 0 Å². The summed E-state index contributed by atoms with van der Waals surface area (Å²) in [6.07, 6.45) is 9.23. The Balaban J connectivity index is 1.30. The number of aromatic amines is 4. The summed E-state index contributed by atoms with van der Waals surface area (Å²) in [5, 5.41) is 5.32. The number of allylic oxidation sites excluding steroid dienone is 8. The number of hydrogen-bond acceptors (Lipinski definition) is 0. The topological polar surface area (TPSA) is 63.2 Å². The van der Waals surface area contributed by atoms with Gasteiger partial charge in [-0.2, -0.15) is 0 Å². The normalized spacial score (nSPS) is 35.5. The highest BCUT2D eigenvalue weighted by Crippen LogP contribution is 2.65. The van der Waals surface area contributed by atoms with E-state index >= 15 is 0 Å². The van der Waals surface area contributed by atoms with Gasteiger partial charge in [0.1, 0.15) is 0 Å². The van der Waals surface area contributed by atoms with E-state index in [1.807, 2.05) is 0 Å². The van der Waals surface area contributed by atoms with Crippen molar-refractivity contribution in [2.24, 2.45) is 0 Å². The Bertz CT molecular complexity index is 3930. The van der Waals surface area contributed by atoms with Gasteiger partial charge in [0, 0.05) is 82.0 Å². The highest BCUT2D eigenvalue weighted by Gasteiger charge is 2.59. The Kier molecular flexibility index (Phi) is 8.51. The number of benzene rings is 1. The van der Waals surface area contributed by atoms with Gasteiger partial charge in [0.15, 0.2) is 0 Å². The highest BCUT2D eigenvalue weighted by atomic mass is 14.9. The van der Waals surface area contributed by atoms with Crippen molar-refractivity contribution in [2.45, 2.75) is 226 Å². The average molecular weight is 967 g/mol. The third-order valence-corrected chi connectivity index (χ3v) is 25.6. The number of rotatable bonds is 1. The maximum Gasteiger partial charge on any atom is 0.0530 e. The molecule has 0 radical (unpaired) electrons. The van der Waals surface area contributed by atoms with E-state index in [-0.39, 0.29) is 43.3 Å². The van der Waals surface area contributed by atoms with Crippen LogP contribution in [0.5, 0.6) is 0 Å². The quantitative estimate of drug-likeness (QED) is 0.121. The second kappa shape index (κ2) is 13.4. The van der Waals surface area contributed by atoms with Crippen molar-refractivity contribution in [1.82, 2.24) is 19.9 Å². The number of nitrogens with one attached hydrogen (secondary N) is 4. The van der Waals surface area contributed by atoms with E-state index in [1.54, 1.807) is 66.8 Å². The third-order valence-electron chi connectivity index (χ3n) is 25.6. The molecule has 12 aliphatic carbocycles. The number of hydrogen-bond donors (Lipinski definition) is 4. The molecular weight excluding hydrogens is 885 g/mol. The van der Waals surface area contributed by atoms with E-state index in [0.717, 1.165) is 51.4 Å². The first-order valence-electron chi connectivity index (χ1n) is 28.5. The zero-order valence-electron chi connectivity index (χ0n) is 48.0. The van der Waals surface area contributed by atoms with E-state index < -0.39 is 0 Å². The first kappa shape index (κ1) is 46.3. The molecule has 4 heteroatoms. The van der Waals surface area contributed by atoms with E-state index in [0.29, 0.717) is 0 Å². The lowest BCUT2D eigenvalue weighted by Crippen LogP contribution is -2.49. The fraction of sp³-hybridized carbons (Fsp3) is 0.507. The van der Waals surface area contributed by atoms with Crippen LogP contribution in [0.4, 0.5) is 0 Å². The molecule has 4 nitrogen and oxygen atoms in total. The molecule has 73 heavy (non-hydrogen) atoms. The zero-order chi connectivity index (χ0) is 51.8. The smallest absolute Gasteiger partial charge is 0.0530 e. The van der Waals surface area contributed by atoms with Gasteiger partial charge in [-0.3, -0.25) is 0 Å². The van der Waals surface area contributed by atoms with Gasteiger partial charge in [-0.1, -0.05) is 130 Å². The van der Waals surface area contributed by atoms with Crippen LogP contribution in [-0.2, 0) is 43.3 Å². The monoisotopic (exact) mass is 967 g/mol. The lowest BCUT2D eigenvalue weighted by atomic mass is 9.50. The molecule has 1 aliphatic heterocycles. The SMILES string of the molecule is CC1=C(C)C2(C)CCC1(C)c1c3[nH]c(c12)C(C)=c1[nH]c(c2c1C1(C)CCC2(C)C(C)=C1C)=C(c1ccccc1)c1[nH]c(c2c1C1(C)CCC2(C)C(C)=C1C)C(C)=c1[nH]c(c2c1C1(C)CCC2(C)C(C)=C1C)=C3C. The summed E-state index contributed by atoms with van der Waals surface area (Å²) in [7, 11) is 0. The number of H-pyrrole nitrogens is 4. The van der Waals surface area contributed by atoms with E-state index in [1.165, 1.54) is 94.3 Å². The molecule has 4 aromatic heterocycles. The average Bonchev–Trinajstić information content (AvgIpc) is 4.19. The highest BCUT2D eigenvalue weighted by molar-refractivity contribution is 5.88. The first-order chi connectivity index (χ1) is 34.2. The Morgan fingerprint density at radius 1 is 0.274 bits per heavy atom. The van der Waals surface area contributed by atoms with E-state index in [2.05, 4.69) is 182 Å². The van der Waals surface area contributed by atoms with Gasteiger partial charge in [0.05, 0.1) is 11.0 Å². The zero-order valence-corrected chi connectivity index (χ0v) is 48.0. The second-order valence-corrected chi connectivity index (χ2v) is 27.8. The first-order valence-corrected chi connectivity index (χ1v) is 28.5. The molecule has 0 saturated heterocycles. The number of aromatic nitrogens is 4. The molecule has 0 saturated carbocycles. The number of fused-ring (bicyclic) bond motifs is 12. The molecule has 13 aliphatic rings. The van der Waals surface area contributed by atoms with Crippen LogP contribution in [0.15, 0.2) is 74.9 Å². The summed E-state index contributed by atoms with van der Waals surface area (Å²) in [4.78, 5) is 18.1. The predicted molar refractivity (Wildman–Crippen MR) is 304 cm³/mol. The van der Waals surface area contributed by atoms with Gasteiger partial charge in [0.2, 0.25) is 0 Å². The Hall–Kier alpha value is -5.22. The summed E-state index contributed by atoms with van der Waals surface area (Å²) < 4.78 is 0. The maximum atomic E-state index is 4.57. The van der Waals surface area contributed by atoms with Crippen LogP contribution in [0.2, 0.25) is 0 Å². The van der Waals surface area contributed by atoms with Crippen molar-refractivity contribution in [3.05, 3.63) is 169 Å². The minimum absolute atomic E-state index is 0.0815. The maximum absolute atomic E-state index is 4.57. The molecule has 5 heterocycles. The van der Waals surface area contributed by atoms with Crippen molar-refractivity contribution in [2.75, 3.05) is 0 Å². The standard InChI is InChI=1S/C69H82N4/c1-33-54-46-48(64(14)27-25-62(46,12)36(4)38(64)6)56(70-54)34(2)58-50-52(68(18)31-29-66(50,16)40(8)42(68)10)60(72-58)45(44-23-21-20-22-24-44)61-53-51(67(17)30-32-69(53,19)43(11)41(67)9)59(73-61)35(3)57-49-47(55(33)71-57)63(13)26-28-65(49,15)39(7)37(63)5/h20-24,70-73H,25-32H2,1-19H3. The molecule has 378 valence electrons. The van der Waals surface area contributed by atoms with Gasteiger partial charge >= 0.3 is 0 Å². The molecule has 8 unspecified atom stereocenters. The van der Waals surface area contributed by atoms with Crippen LogP contribution in [0.3, 0.4) is 0 Å². The van der Waals surface area contributed by atoms with Crippen LogP contribution in [0.1, 0.15) is 256 Å². The minimum atomic E-state index is -0.128. The van der Waals surface area contributed by atoms with Crippen molar-refractivity contribution in [3.63, 3.8) is 0 Å². The molecule has 8 atom stereocenters. The second-order valence-electron chi connectivity index (χ2n) is 27.8. The molecule has 0 spiro atoms. The van der Waals surface area contributed by atoms with Crippen LogP contribution in [0, 0.1) is 0 Å². The van der Waals surface area contributed by atoms with Gasteiger partial charge in [0.25, 0.3) is 0 Å². The lowest BCUT2D eigenvalue weighted by Gasteiger charge is -2.53. The van der Waals surface area contributed by atoms with Crippen LogP contribution in [-0.4, -0.2) is 19.9 Å². The van der Waals surface area contributed by atoms with Crippen molar-refractivity contribution in [3.8, 4) is 0 Å². The molecule has 0 fully saturated rings. The minimum Gasteiger partial charge on any atom is -0.354 e. The predicted octanol–water partition coefficient (Wildman–Crippen LogP) is 13.9. The van der Waals surface area contributed by atoms with Crippen molar-refractivity contribution >= 4 is 22.3 Å². The fourth-order valence-electron chi connectivity index (χ4n) is 19.2. The summed E-state index contributed by atoms with van der Waals surface area (Å²) >= 11 is 0. The van der Waals surface area contributed by atoms with E-state index in [4.69, 9.17) is 0 Å². The third kappa shape index (κ3) is 4.75. The molecule has 5 aromatic rings. The summed E-state index contributed by atoms with van der Waals surface area (Å²) in [5.41, 5.74) is 36.1. The van der Waals surface area contributed by atoms with Crippen molar-refractivity contribution in [1.29, 1.82) is 0 Å². The van der Waals surface area contributed by atoms with Crippen LogP contribution in [0.25, 0.3) is 22.3 Å². The molecule has 0 amide bonds. The van der Waals surface area contributed by atoms with Crippen LogP contribution >= 0.6 is 0 Å². The summed E-state index contributed by atoms with van der Waals surface area (Å²) in [6, 6.07) is 11.6. The Morgan fingerprint density at radius 3 is 0.808 bits per heavy atom. The molecule has 1 aromatic carbocycles. The van der Waals surface area contributed by atoms with Gasteiger partial charge in [-0.05, 0) is 194 Å². The Labute approximate surface area is 435 Å². The Morgan fingerprint density at radius 2 is 0.507 bits per heavy atom. The lowest BCUT2D eigenvalue weighted by molar-refractivity contribution is 0.316. The van der Waals surface area contributed by atoms with Gasteiger partial charge in [-0.15, -0.1) is 0 Å². The molecule has 16 bridgehead atoms.